The number of nitrogens with zero attached hydrogens (tertiary/aromatic N) is 3. The Hall–Kier alpha value is -1.69. The zero-order chi connectivity index (χ0) is 16.1. The summed E-state index contributed by atoms with van der Waals surface area (Å²) < 4.78 is 5.35. The lowest BCUT2D eigenvalue weighted by Gasteiger charge is -2.26. The molecule has 1 N–H and O–H groups in total. The molecule has 1 aliphatic rings. The van der Waals surface area contributed by atoms with E-state index in [0.29, 0.717) is 11.0 Å². The summed E-state index contributed by atoms with van der Waals surface area (Å²) in [5.74, 6) is 1.40. The van der Waals surface area contributed by atoms with Gasteiger partial charge in [-0.05, 0) is 6.92 Å². The van der Waals surface area contributed by atoms with Crippen LogP contribution in [0, 0.1) is 6.92 Å². The van der Waals surface area contributed by atoms with E-state index in [4.69, 9.17) is 16.3 Å². The molecule has 0 unspecified atom stereocenters. The largest absolute Gasteiger partial charge is 0.379 e. The van der Waals surface area contributed by atoms with Gasteiger partial charge >= 0.3 is 0 Å². The van der Waals surface area contributed by atoms with E-state index in [9.17, 15) is 0 Å². The van der Waals surface area contributed by atoms with Crippen LogP contribution in [0.5, 0.6) is 0 Å². The molecule has 1 saturated heterocycles. The number of hydrogen-bond acceptors (Lipinski definition) is 5. The molecule has 0 bridgehead atoms. The topological polar surface area (TPSA) is 50.3 Å². The van der Waals surface area contributed by atoms with Crippen LogP contribution in [0.4, 0.5) is 5.82 Å². The second-order valence-corrected chi connectivity index (χ2v) is 6.03. The fraction of sp³-hybridized carbons (Fsp3) is 0.412. The Morgan fingerprint density at radius 3 is 2.65 bits per heavy atom. The highest BCUT2D eigenvalue weighted by atomic mass is 35.5. The summed E-state index contributed by atoms with van der Waals surface area (Å²) in [5, 5.41) is 3.78. The zero-order valence-corrected chi connectivity index (χ0v) is 14.0. The predicted molar refractivity (Wildman–Crippen MR) is 93.0 cm³/mol. The van der Waals surface area contributed by atoms with E-state index in [1.54, 1.807) is 6.07 Å². The van der Waals surface area contributed by atoms with Crippen molar-refractivity contribution < 1.29 is 4.74 Å². The van der Waals surface area contributed by atoms with E-state index < -0.39 is 0 Å². The highest BCUT2D eigenvalue weighted by molar-refractivity contribution is 6.29. The van der Waals surface area contributed by atoms with Gasteiger partial charge in [-0.25, -0.2) is 9.97 Å². The fourth-order valence-corrected chi connectivity index (χ4v) is 2.69. The Morgan fingerprint density at radius 1 is 1.17 bits per heavy atom. The van der Waals surface area contributed by atoms with Gasteiger partial charge in [0.15, 0.2) is 5.82 Å². The lowest BCUT2D eigenvalue weighted by molar-refractivity contribution is 0.0398. The average molecular weight is 333 g/mol. The molecule has 2 heterocycles. The summed E-state index contributed by atoms with van der Waals surface area (Å²) in [6.07, 6.45) is 0. The van der Waals surface area contributed by atoms with Crippen molar-refractivity contribution in [2.24, 2.45) is 0 Å². The van der Waals surface area contributed by atoms with Crippen molar-refractivity contribution in [1.29, 1.82) is 0 Å². The fourth-order valence-electron chi connectivity index (χ4n) is 2.51. The third kappa shape index (κ3) is 4.64. The molecule has 122 valence electrons. The van der Waals surface area contributed by atoms with Crippen molar-refractivity contribution >= 4 is 17.4 Å². The minimum atomic E-state index is 0.449. The maximum atomic E-state index is 6.14. The molecule has 1 fully saturated rings. The van der Waals surface area contributed by atoms with E-state index >= 15 is 0 Å². The summed E-state index contributed by atoms with van der Waals surface area (Å²) in [4.78, 5) is 11.3. The summed E-state index contributed by atoms with van der Waals surface area (Å²) in [7, 11) is 0. The molecule has 1 aromatic carbocycles. The standard InChI is InChI=1S/C17H21ClN4O/c1-13-2-4-14(5-3-13)17-20-15(18)12-16(21-17)19-6-7-22-8-10-23-11-9-22/h2-5,12H,6-11H2,1H3,(H,19,20,21). The first-order valence-corrected chi connectivity index (χ1v) is 8.24. The number of benzene rings is 1. The van der Waals surface area contributed by atoms with Gasteiger partial charge < -0.3 is 10.1 Å². The third-order valence-corrected chi connectivity index (χ3v) is 4.04. The van der Waals surface area contributed by atoms with E-state index in [1.165, 1.54) is 5.56 Å². The van der Waals surface area contributed by atoms with Gasteiger partial charge in [-0.3, -0.25) is 4.90 Å². The van der Waals surface area contributed by atoms with Crippen molar-refractivity contribution in [1.82, 2.24) is 14.9 Å². The molecule has 0 aliphatic carbocycles. The normalized spacial score (nSPS) is 15.6. The van der Waals surface area contributed by atoms with Crippen molar-refractivity contribution in [3.05, 3.63) is 41.0 Å². The molecule has 0 atom stereocenters. The lowest BCUT2D eigenvalue weighted by atomic mass is 10.1. The number of anilines is 1. The van der Waals surface area contributed by atoms with Gasteiger partial charge in [0.25, 0.3) is 0 Å². The second kappa shape index (κ2) is 7.73. The van der Waals surface area contributed by atoms with Crippen molar-refractivity contribution in [3.8, 4) is 11.4 Å². The van der Waals surface area contributed by atoms with Gasteiger partial charge in [-0.2, -0.15) is 0 Å². The van der Waals surface area contributed by atoms with E-state index in [-0.39, 0.29) is 0 Å². The van der Waals surface area contributed by atoms with Crippen molar-refractivity contribution in [2.45, 2.75) is 6.92 Å². The Balaban J connectivity index is 1.64. The number of ether oxygens (including phenoxy) is 1. The number of morpholine rings is 1. The van der Waals surface area contributed by atoms with Crippen molar-refractivity contribution in [2.75, 3.05) is 44.7 Å². The molecule has 0 spiro atoms. The number of aromatic nitrogens is 2. The first-order valence-electron chi connectivity index (χ1n) is 7.86. The lowest BCUT2D eigenvalue weighted by Crippen LogP contribution is -2.39. The Morgan fingerprint density at radius 2 is 1.91 bits per heavy atom. The molecule has 0 saturated carbocycles. The summed E-state index contributed by atoms with van der Waals surface area (Å²) in [6.45, 7) is 7.45. The van der Waals surface area contributed by atoms with Crippen LogP contribution in [0.25, 0.3) is 11.4 Å². The van der Waals surface area contributed by atoms with Crippen LogP contribution in [0.15, 0.2) is 30.3 Å². The smallest absolute Gasteiger partial charge is 0.163 e. The maximum Gasteiger partial charge on any atom is 0.163 e. The number of halogens is 1. The third-order valence-electron chi connectivity index (χ3n) is 3.84. The Kier molecular flexibility index (Phi) is 5.43. The monoisotopic (exact) mass is 332 g/mol. The second-order valence-electron chi connectivity index (χ2n) is 5.65. The molecule has 3 rings (SSSR count). The summed E-state index contributed by atoms with van der Waals surface area (Å²) in [6, 6.07) is 9.88. The molecule has 5 nitrogen and oxygen atoms in total. The first kappa shape index (κ1) is 16.2. The Bertz CT molecular complexity index is 642. The predicted octanol–water partition coefficient (Wildman–Crippen LogP) is 2.85. The number of rotatable bonds is 5. The first-order chi connectivity index (χ1) is 11.2. The van der Waals surface area contributed by atoms with Gasteiger partial charge in [0.2, 0.25) is 0 Å². The van der Waals surface area contributed by atoms with Crippen LogP contribution in [0.3, 0.4) is 0 Å². The van der Waals surface area contributed by atoms with Gasteiger partial charge in [-0.1, -0.05) is 41.4 Å². The summed E-state index contributed by atoms with van der Waals surface area (Å²) >= 11 is 6.14. The average Bonchev–Trinajstić information content (AvgIpc) is 2.56. The van der Waals surface area contributed by atoms with Crippen LogP contribution in [0.2, 0.25) is 5.15 Å². The van der Waals surface area contributed by atoms with Crippen LogP contribution in [-0.2, 0) is 4.74 Å². The van der Waals surface area contributed by atoms with E-state index in [0.717, 1.165) is 50.8 Å². The zero-order valence-electron chi connectivity index (χ0n) is 13.3. The SMILES string of the molecule is Cc1ccc(-c2nc(Cl)cc(NCCN3CCOCC3)n2)cc1. The molecule has 1 aromatic heterocycles. The molecule has 0 radical (unpaired) electrons. The molecular formula is C17H21ClN4O. The maximum absolute atomic E-state index is 6.14. The minimum absolute atomic E-state index is 0.449. The minimum Gasteiger partial charge on any atom is -0.379 e. The van der Waals surface area contributed by atoms with Crippen molar-refractivity contribution in [3.63, 3.8) is 0 Å². The highest BCUT2D eigenvalue weighted by Gasteiger charge is 2.10. The number of hydrogen-bond donors (Lipinski definition) is 1. The molecule has 1 aliphatic heterocycles. The van der Waals surface area contributed by atoms with Gasteiger partial charge in [0, 0.05) is 37.8 Å². The van der Waals surface area contributed by atoms with E-state index in [2.05, 4.69) is 27.1 Å². The van der Waals surface area contributed by atoms with Gasteiger partial charge in [-0.15, -0.1) is 0 Å². The molecule has 6 heteroatoms. The quantitative estimate of drug-likeness (QED) is 0.853. The van der Waals surface area contributed by atoms with Gasteiger partial charge in [0.1, 0.15) is 11.0 Å². The van der Waals surface area contributed by atoms with Crippen LogP contribution in [0.1, 0.15) is 5.56 Å². The molecule has 0 amide bonds. The van der Waals surface area contributed by atoms with E-state index in [1.807, 2.05) is 24.3 Å². The molecule has 23 heavy (non-hydrogen) atoms. The van der Waals surface area contributed by atoms with Crippen LogP contribution < -0.4 is 5.32 Å². The van der Waals surface area contributed by atoms with Crippen LogP contribution in [-0.4, -0.2) is 54.3 Å². The van der Waals surface area contributed by atoms with Crippen LogP contribution >= 0.6 is 11.6 Å². The van der Waals surface area contributed by atoms with Gasteiger partial charge in [0.05, 0.1) is 13.2 Å². The summed E-state index contributed by atoms with van der Waals surface area (Å²) in [5.41, 5.74) is 2.17. The highest BCUT2D eigenvalue weighted by Crippen LogP contribution is 2.20. The molecule has 2 aromatic rings. The Labute approximate surface area is 141 Å². The number of nitrogens with one attached hydrogen (secondary N) is 1. The molecular weight excluding hydrogens is 312 g/mol. The number of aryl methyl sites for hydroxylation is 1.